The summed E-state index contributed by atoms with van der Waals surface area (Å²) in [6, 6.07) is 35.1. The van der Waals surface area contributed by atoms with Crippen molar-refractivity contribution in [3.63, 3.8) is 0 Å². The van der Waals surface area contributed by atoms with Gasteiger partial charge in [-0.2, -0.15) is 10.5 Å². The highest BCUT2D eigenvalue weighted by molar-refractivity contribution is 6.10. The summed E-state index contributed by atoms with van der Waals surface area (Å²) in [5, 5.41) is 21.9. The van der Waals surface area contributed by atoms with Crippen LogP contribution < -0.4 is 0 Å². The van der Waals surface area contributed by atoms with Crippen LogP contribution in [0.1, 0.15) is 43.0 Å². The quantitative estimate of drug-likeness (QED) is 0.0615. The molecule has 0 unspecified atom stereocenters. The van der Waals surface area contributed by atoms with Crippen molar-refractivity contribution < 1.29 is 19.1 Å². The maximum atomic E-state index is 12.7. The van der Waals surface area contributed by atoms with Gasteiger partial charge in [0.05, 0.1) is 13.2 Å². The molecule has 1 heterocycles. The minimum absolute atomic E-state index is 0.0594. The molecule has 0 fully saturated rings. The van der Waals surface area contributed by atoms with Crippen molar-refractivity contribution in [2.75, 3.05) is 13.2 Å². The average molecular weight is 646 g/mol. The van der Waals surface area contributed by atoms with Crippen molar-refractivity contribution in [3.05, 3.63) is 143 Å². The monoisotopic (exact) mass is 645 g/mol. The number of nitrogens with zero attached hydrogens (tertiary/aromatic N) is 3. The number of carbonyl (C=O) groups is 2. The van der Waals surface area contributed by atoms with Crippen LogP contribution in [0.5, 0.6) is 0 Å². The summed E-state index contributed by atoms with van der Waals surface area (Å²) in [5.74, 6) is -1.32. The molecule has 0 saturated heterocycles. The molecule has 0 radical (unpaired) electrons. The van der Waals surface area contributed by atoms with E-state index in [1.807, 2.05) is 97.1 Å². The number of aromatic nitrogens is 1. The number of fused-ring (bicyclic) bond motifs is 3. The number of benzene rings is 4. The number of allylic oxidation sites excluding steroid dienone is 4. The fourth-order valence-corrected chi connectivity index (χ4v) is 5.77. The van der Waals surface area contributed by atoms with Gasteiger partial charge in [-0.3, -0.25) is 0 Å². The van der Waals surface area contributed by atoms with Crippen LogP contribution in [0.3, 0.4) is 0 Å². The molecule has 0 bridgehead atoms. The van der Waals surface area contributed by atoms with Crippen molar-refractivity contribution in [1.29, 1.82) is 10.5 Å². The second-order valence-electron chi connectivity index (χ2n) is 10.9. The van der Waals surface area contributed by atoms with E-state index >= 15 is 0 Å². The molecule has 0 saturated carbocycles. The van der Waals surface area contributed by atoms with Gasteiger partial charge in [-0.05, 0) is 67.3 Å². The molecule has 0 atom stereocenters. The first kappa shape index (κ1) is 33.9. The van der Waals surface area contributed by atoms with Crippen molar-refractivity contribution >= 4 is 57.0 Å². The number of ether oxygens (including phenoxy) is 2. The predicted octanol–water partition coefficient (Wildman–Crippen LogP) is 8.92. The SMILES string of the molecule is CCOC(=O)/C(C#N)=C(/C=C/c1ccc2c(c1)c1cc(/C=C/C(=C(\C#N)C(=O)OCC)c3ccccc3)ccc1n2CC)c1ccccc1. The van der Waals surface area contributed by atoms with Crippen LogP contribution in [-0.4, -0.2) is 29.7 Å². The lowest BCUT2D eigenvalue weighted by Crippen LogP contribution is -2.08. The smallest absolute Gasteiger partial charge is 0.349 e. The molecular weight excluding hydrogens is 610 g/mol. The molecule has 0 N–H and O–H groups in total. The van der Waals surface area contributed by atoms with Gasteiger partial charge in [0.15, 0.2) is 0 Å². The van der Waals surface area contributed by atoms with Crippen LogP contribution in [0.4, 0.5) is 0 Å². The minimum Gasteiger partial charge on any atom is -0.462 e. The molecule has 5 rings (SSSR count). The normalized spacial score (nSPS) is 12.4. The van der Waals surface area contributed by atoms with Gasteiger partial charge < -0.3 is 14.0 Å². The first-order valence-corrected chi connectivity index (χ1v) is 16.1. The first-order valence-electron chi connectivity index (χ1n) is 16.1. The molecule has 1 aromatic heterocycles. The number of nitriles is 2. The molecule has 0 aliphatic heterocycles. The van der Waals surface area contributed by atoms with Crippen LogP contribution in [0.25, 0.3) is 45.1 Å². The Balaban J connectivity index is 1.61. The largest absolute Gasteiger partial charge is 0.462 e. The Bertz CT molecular complexity index is 2070. The fourth-order valence-electron chi connectivity index (χ4n) is 5.77. The van der Waals surface area contributed by atoms with E-state index in [0.717, 1.165) is 50.6 Å². The highest BCUT2D eigenvalue weighted by Gasteiger charge is 2.18. The standard InChI is InChI=1S/C42H35N3O4/c1-4-45-39-23-19-29(17-21-33(31-13-9-7-10-14-31)37(27-43)41(46)48-5-2)25-35(39)36-26-30(20-24-40(36)45)18-22-34(32-15-11-8-12-16-32)38(28-44)42(47)49-6-3/h7-26H,4-6H2,1-3H3/b21-17+,22-18+,37-33-,38-34-. The van der Waals surface area contributed by atoms with Crippen molar-refractivity contribution in [2.45, 2.75) is 27.3 Å². The van der Waals surface area contributed by atoms with Crippen molar-refractivity contribution in [1.82, 2.24) is 4.57 Å². The molecule has 242 valence electrons. The molecule has 7 nitrogen and oxygen atoms in total. The molecule has 0 aliphatic carbocycles. The van der Waals surface area contributed by atoms with E-state index in [9.17, 15) is 20.1 Å². The van der Waals surface area contributed by atoms with Crippen LogP contribution in [0.15, 0.2) is 120 Å². The lowest BCUT2D eigenvalue weighted by Gasteiger charge is -2.07. The summed E-state index contributed by atoms with van der Waals surface area (Å²) < 4.78 is 12.6. The van der Waals surface area contributed by atoms with Crippen molar-refractivity contribution in [3.8, 4) is 12.1 Å². The van der Waals surface area contributed by atoms with Crippen LogP contribution in [-0.2, 0) is 25.6 Å². The number of aryl methyl sites for hydroxylation is 1. The van der Waals surface area contributed by atoms with E-state index in [2.05, 4.69) is 35.8 Å². The molecule has 7 heteroatoms. The number of hydrogen-bond donors (Lipinski definition) is 0. The van der Waals surface area contributed by atoms with Crippen LogP contribution >= 0.6 is 0 Å². The highest BCUT2D eigenvalue weighted by Crippen LogP contribution is 2.32. The maximum Gasteiger partial charge on any atom is 0.349 e. The Morgan fingerprint density at radius 1 is 0.633 bits per heavy atom. The van der Waals surface area contributed by atoms with E-state index < -0.39 is 11.9 Å². The second kappa shape index (κ2) is 15.9. The Kier molecular flexibility index (Phi) is 11.0. The third-order valence-corrected chi connectivity index (χ3v) is 8.01. The zero-order valence-electron chi connectivity index (χ0n) is 27.6. The van der Waals surface area contributed by atoms with Gasteiger partial charge in [-0.1, -0.05) is 97.1 Å². The average Bonchev–Trinajstić information content (AvgIpc) is 3.44. The van der Waals surface area contributed by atoms with E-state index in [1.54, 1.807) is 26.0 Å². The van der Waals surface area contributed by atoms with E-state index in [1.165, 1.54) is 0 Å². The van der Waals surface area contributed by atoms with Gasteiger partial charge in [-0.15, -0.1) is 0 Å². The molecule has 0 aliphatic rings. The number of esters is 2. The lowest BCUT2D eigenvalue weighted by atomic mass is 9.98. The van der Waals surface area contributed by atoms with E-state index in [4.69, 9.17) is 9.47 Å². The number of carbonyl (C=O) groups excluding carboxylic acids is 2. The molecule has 49 heavy (non-hydrogen) atoms. The van der Waals surface area contributed by atoms with Crippen molar-refractivity contribution in [2.24, 2.45) is 0 Å². The summed E-state index contributed by atoms with van der Waals surface area (Å²) in [4.78, 5) is 25.4. The Morgan fingerprint density at radius 3 is 1.39 bits per heavy atom. The topological polar surface area (TPSA) is 105 Å². The Hall–Kier alpha value is -6.44. The summed E-state index contributed by atoms with van der Waals surface area (Å²) in [6.45, 7) is 6.62. The summed E-state index contributed by atoms with van der Waals surface area (Å²) in [6.07, 6.45) is 7.36. The lowest BCUT2D eigenvalue weighted by molar-refractivity contribution is -0.138. The minimum atomic E-state index is -0.662. The zero-order chi connectivity index (χ0) is 34.8. The van der Waals surface area contributed by atoms with Gasteiger partial charge >= 0.3 is 11.9 Å². The zero-order valence-corrected chi connectivity index (χ0v) is 27.6. The molecule has 0 amide bonds. The highest BCUT2D eigenvalue weighted by atomic mass is 16.5. The maximum absolute atomic E-state index is 12.7. The summed E-state index contributed by atoms with van der Waals surface area (Å²) in [7, 11) is 0. The first-order chi connectivity index (χ1) is 23.9. The predicted molar refractivity (Wildman–Crippen MR) is 194 cm³/mol. The van der Waals surface area contributed by atoms with E-state index in [0.29, 0.717) is 11.1 Å². The molecule has 4 aromatic carbocycles. The summed E-state index contributed by atoms with van der Waals surface area (Å²) >= 11 is 0. The third-order valence-electron chi connectivity index (χ3n) is 8.01. The third kappa shape index (κ3) is 7.43. The van der Waals surface area contributed by atoms with Gasteiger partial charge in [-0.25, -0.2) is 9.59 Å². The van der Waals surface area contributed by atoms with Crippen LogP contribution in [0.2, 0.25) is 0 Å². The molecule has 0 spiro atoms. The molecular formula is C42H35N3O4. The Labute approximate surface area is 285 Å². The van der Waals surface area contributed by atoms with E-state index in [-0.39, 0.29) is 24.4 Å². The number of hydrogen-bond acceptors (Lipinski definition) is 6. The van der Waals surface area contributed by atoms with Gasteiger partial charge in [0.2, 0.25) is 0 Å². The Morgan fingerprint density at radius 2 is 1.04 bits per heavy atom. The number of rotatable bonds is 11. The van der Waals surface area contributed by atoms with Gasteiger partial charge in [0.25, 0.3) is 0 Å². The summed E-state index contributed by atoms with van der Waals surface area (Å²) in [5.41, 5.74) is 6.21. The fraction of sp³-hybridized carbons (Fsp3) is 0.143. The van der Waals surface area contributed by atoms with Gasteiger partial charge in [0.1, 0.15) is 23.3 Å². The second-order valence-corrected chi connectivity index (χ2v) is 10.9. The molecule has 5 aromatic rings. The van der Waals surface area contributed by atoms with Gasteiger partial charge in [0, 0.05) is 39.5 Å². The van der Waals surface area contributed by atoms with Crippen LogP contribution in [0, 0.1) is 22.7 Å².